The molecule has 0 aromatic carbocycles. The monoisotopic (exact) mass is 338 g/mol. The normalized spacial score (nSPS) is 14.4. The summed E-state index contributed by atoms with van der Waals surface area (Å²) < 4.78 is 9.81. The van der Waals surface area contributed by atoms with Crippen molar-refractivity contribution in [1.82, 2.24) is 9.80 Å². The molecule has 0 atom stereocenters. The summed E-state index contributed by atoms with van der Waals surface area (Å²) in [6.07, 6.45) is 0. The molecule has 0 N–H and O–H groups in total. The van der Waals surface area contributed by atoms with Gasteiger partial charge < -0.3 is 19.3 Å². The summed E-state index contributed by atoms with van der Waals surface area (Å²) in [4.78, 5) is 49.2. The molecule has 1 fully saturated rings. The number of amides is 2. The van der Waals surface area contributed by atoms with Crippen LogP contribution in [-0.2, 0) is 28.7 Å². The Labute approximate surface area is 140 Å². The van der Waals surface area contributed by atoms with E-state index >= 15 is 0 Å². The van der Waals surface area contributed by atoms with Crippen LogP contribution in [0, 0.1) is 0 Å². The zero-order valence-corrected chi connectivity index (χ0v) is 14.0. The van der Waals surface area contributed by atoms with E-state index in [0.717, 1.165) is 0 Å². The van der Waals surface area contributed by atoms with Crippen LogP contribution in [0.25, 0.3) is 0 Å². The van der Waals surface area contributed by atoms with Gasteiger partial charge in [-0.2, -0.15) is 0 Å². The SMILES string of the molecule is C=C(C)C(=O)OCCN1CCN(CCOC(=O)C(=C)C)C(=O)C1=O. The van der Waals surface area contributed by atoms with Gasteiger partial charge in [-0.15, -0.1) is 0 Å². The number of hydrogen-bond acceptors (Lipinski definition) is 6. The molecule has 132 valence electrons. The predicted octanol–water partition coefficient (Wildman–Crippen LogP) is -0.104. The van der Waals surface area contributed by atoms with Crippen molar-refractivity contribution in [1.29, 1.82) is 0 Å². The van der Waals surface area contributed by atoms with Crippen molar-refractivity contribution in [3.05, 3.63) is 24.3 Å². The fourth-order valence-electron chi connectivity index (χ4n) is 1.89. The van der Waals surface area contributed by atoms with E-state index in [4.69, 9.17) is 9.47 Å². The summed E-state index contributed by atoms with van der Waals surface area (Å²) in [5.41, 5.74) is 0.540. The Morgan fingerprint density at radius 2 is 1.21 bits per heavy atom. The highest BCUT2D eigenvalue weighted by atomic mass is 16.5. The Kier molecular flexibility index (Phi) is 7.16. The zero-order chi connectivity index (χ0) is 18.3. The number of carbonyl (C=O) groups is 4. The number of hydrogen-bond donors (Lipinski definition) is 0. The molecular weight excluding hydrogens is 316 g/mol. The maximum absolute atomic E-state index is 12.0. The number of rotatable bonds is 8. The van der Waals surface area contributed by atoms with Gasteiger partial charge >= 0.3 is 23.8 Å². The third-order valence-corrected chi connectivity index (χ3v) is 3.28. The lowest BCUT2D eigenvalue weighted by atomic mass is 10.3. The van der Waals surface area contributed by atoms with Crippen LogP contribution < -0.4 is 0 Å². The van der Waals surface area contributed by atoms with E-state index in [1.807, 2.05) is 0 Å². The van der Waals surface area contributed by atoms with Gasteiger partial charge in [0, 0.05) is 24.2 Å². The van der Waals surface area contributed by atoms with Gasteiger partial charge in [0.25, 0.3) is 0 Å². The van der Waals surface area contributed by atoms with E-state index in [9.17, 15) is 19.2 Å². The average Bonchev–Trinajstić information content (AvgIpc) is 2.52. The first kappa shape index (κ1) is 19.4. The maximum atomic E-state index is 12.0. The van der Waals surface area contributed by atoms with E-state index in [1.54, 1.807) is 0 Å². The van der Waals surface area contributed by atoms with Crippen LogP contribution in [0.3, 0.4) is 0 Å². The smallest absolute Gasteiger partial charge is 0.333 e. The Hall–Kier alpha value is -2.64. The first-order chi connectivity index (χ1) is 11.2. The highest BCUT2D eigenvalue weighted by Gasteiger charge is 2.32. The number of ether oxygens (including phenoxy) is 2. The molecule has 8 nitrogen and oxygen atoms in total. The molecule has 1 heterocycles. The molecule has 0 bridgehead atoms. The second-order valence-corrected chi connectivity index (χ2v) is 5.42. The van der Waals surface area contributed by atoms with Crippen molar-refractivity contribution in [3.8, 4) is 0 Å². The van der Waals surface area contributed by atoms with Gasteiger partial charge in [-0.3, -0.25) is 9.59 Å². The topological polar surface area (TPSA) is 93.2 Å². The maximum Gasteiger partial charge on any atom is 0.333 e. The van der Waals surface area contributed by atoms with Gasteiger partial charge in [-0.05, 0) is 13.8 Å². The van der Waals surface area contributed by atoms with Crippen molar-refractivity contribution in [2.75, 3.05) is 39.4 Å². The van der Waals surface area contributed by atoms with Gasteiger partial charge in [-0.25, -0.2) is 9.59 Å². The fourth-order valence-corrected chi connectivity index (χ4v) is 1.89. The summed E-state index contributed by atoms with van der Waals surface area (Å²) in [6, 6.07) is 0. The van der Waals surface area contributed by atoms with Crippen LogP contribution in [0.5, 0.6) is 0 Å². The Morgan fingerprint density at radius 3 is 1.50 bits per heavy atom. The van der Waals surface area contributed by atoms with Crippen molar-refractivity contribution < 1.29 is 28.7 Å². The Morgan fingerprint density at radius 1 is 0.875 bits per heavy atom. The molecule has 0 radical (unpaired) electrons. The van der Waals surface area contributed by atoms with E-state index in [0.29, 0.717) is 13.1 Å². The molecule has 1 aliphatic rings. The molecule has 1 saturated heterocycles. The van der Waals surface area contributed by atoms with Crippen LogP contribution >= 0.6 is 0 Å². The molecule has 0 spiro atoms. The zero-order valence-electron chi connectivity index (χ0n) is 14.0. The Balaban J connectivity index is 2.39. The molecule has 0 aliphatic carbocycles. The lowest BCUT2D eigenvalue weighted by Gasteiger charge is -2.33. The molecule has 8 heteroatoms. The standard InChI is InChI=1S/C16H22N2O6/c1-11(2)15(21)23-9-7-17-5-6-18(14(20)13(17)19)8-10-24-16(22)12(3)4/h1,3,5-10H2,2,4H3. The van der Waals surface area contributed by atoms with E-state index in [1.165, 1.54) is 23.6 Å². The van der Waals surface area contributed by atoms with Crippen LogP contribution in [0.4, 0.5) is 0 Å². The van der Waals surface area contributed by atoms with Gasteiger partial charge in [0.2, 0.25) is 0 Å². The number of piperazine rings is 1. The quantitative estimate of drug-likeness (QED) is 0.348. The fraction of sp³-hybridized carbons (Fsp3) is 0.500. The van der Waals surface area contributed by atoms with E-state index in [2.05, 4.69) is 13.2 Å². The van der Waals surface area contributed by atoms with Crippen molar-refractivity contribution in [2.24, 2.45) is 0 Å². The van der Waals surface area contributed by atoms with Crippen molar-refractivity contribution in [2.45, 2.75) is 13.8 Å². The third kappa shape index (κ3) is 5.53. The van der Waals surface area contributed by atoms with Gasteiger partial charge in [0.05, 0.1) is 13.1 Å². The minimum absolute atomic E-state index is 0.000930. The predicted molar refractivity (Wildman–Crippen MR) is 84.7 cm³/mol. The third-order valence-electron chi connectivity index (χ3n) is 3.28. The minimum atomic E-state index is -0.668. The van der Waals surface area contributed by atoms with Gasteiger partial charge in [0.1, 0.15) is 13.2 Å². The molecule has 0 unspecified atom stereocenters. The highest BCUT2D eigenvalue weighted by molar-refractivity contribution is 6.35. The van der Waals surface area contributed by atoms with Gasteiger partial charge in [0.15, 0.2) is 0 Å². The second kappa shape index (κ2) is 8.85. The largest absolute Gasteiger partial charge is 0.460 e. The lowest BCUT2D eigenvalue weighted by Crippen LogP contribution is -2.55. The van der Waals surface area contributed by atoms with E-state index in [-0.39, 0.29) is 37.4 Å². The average molecular weight is 338 g/mol. The molecule has 1 rings (SSSR count). The summed E-state index contributed by atoms with van der Waals surface area (Å²) in [5.74, 6) is -2.41. The first-order valence-electron chi connectivity index (χ1n) is 7.47. The first-order valence-corrected chi connectivity index (χ1v) is 7.47. The Bertz CT molecular complexity index is 519. The molecule has 1 aliphatic heterocycles. The summed E-state index contributed by atoms with van der Waals surface area (Å²) in [5, 5.41) is 0. The summed E-state index contributed by atoms with van der Waals surface area (Å²) in [7, 11) is 0. The van der Waals surface area contributed by atoms with E-state index < -0.39 is 23.8 Å². The number of esters is 2. The van der Waals surface area contributed by atoms with Gasteiger partial charge in [-0.1, -0.05) is 13.2 Å². The summed E-state index contributed by atoms with van der Waals surface area (Å²) in [6.45, 7) is 10.9. The number of carbonyl (C=O) groups excluding carboxylic acids is 4. The van der Waals surface area contributed by atoms with Crippen LogP contribution in [-0.4, -0.2) is 72.9 Å². The molecule has 0 aromatic heterocycles. The number of nitrogens with zero attached hydrogens (tertiary/aromatic N) is 2. The lowest BCUT2D eigenvalue weighted by molar-refractivity contribution is -0.158. The van der Waals surface area contributed by atoms with Crippen LogP contribution in [0.1, 0.15) is 13.8 Å². The second-order valence-electron chi connectivity index (χ2n) is 5.42. The van der Waals surface area contributed by atoms with Crippen LogP contribution in [0.2, 0.25) is 0 Å². The molecular formula is C16H22N2O6. The molecule has 2 amide bonds. The minimum Gasteiger partial charge on any atom is -0.460 e. The summed E-state index contributed by atoms with van der Waals surface area (Å²) >= 11 is 0. The molecule has 0 saturated carbocycles. The van der Waals surface area contributed by atoms with Crippen LogP contribution in [0.15, 0.2) is 24.3 Å². The molecule has 0 aromatic rings. The molecule has 24 heavy (non-hydrogen) atoms. The van der Waals surface area contributed by atoms with Crippen molar-refractivity contribution in [3.63, 3.8) is 0 Å². The highest BCUT2D eigenvalue weighted by Crippen LogP contribution is 2.06. The van der Waals surface area contributed by atoms with Crippen molar-refractivity contribution >= 4 is 23.8 Å².